The zero-order valence-electron chi connectivity index (χ0n) is 19.3. The molecule has 1 aliphatic heterocycles. The number of ether oxygens (including phenoxy) is 1. The first-order valence-electron chi connectivity index (χ1n) is 10.8. The van der Waals surface area contributed by atoms with Gasteiger partial charge in [-0.05, 0) is 34.7 Å². The molecule has 1 heterocycles. The summed E-state index contributed by atoms with van der Waals surface area (Å²) in [7, 11) is 1.57. The van der Waals surface area contributed by atoms with Gasteiger partial charge in [-0.1, -0.05) is 81.4 Å². The zero-order valence-corrected chi connectivity index (χ0v) is 20.1. The van der Waals surface area contributed by atoms with E-state index in [1.807, 2.05) is 72.8 Å². The summed E-state index contributed by atoms with van der Waals surface area (Å²) >= 11 is 1.39. The van der Waals surface area contributed by atoms with Crippen molar-refractivity contribution in [1.29, 1.82) is 0 Å². The summed E-state index contributed by atoms with van der Waals surface area (Å²) in [4.78, 5) is 29.0. The second-order valence-corrected chi connectivity index (χ2v) is 9.91. The lowest BCUT2D eigenvalue weighted by molar-refractivity contribution is -0.119. The molecule has 4 rings (SSSR count). The van der Waals surface area contributed by atoms with Gasteiger partial charge in [0, 0.05) is 11.3 Å². The Balaban J connectivity index is 1.75. The predicted molar refractivity (Wildman–Crippen MR) is 135 cm³/mol. The van der Waals surface area contributed by atoms with Crippen LogP contribution in [0, 0.1) is 0 Å². The fraction of sp³-hybridized carbons (Fsp3) is 0.214. The van der Waals surface area contributed by atoms with Crippen molar-refractivity contribution in [3.05, 3.63) is 100 Å². The number of carbonyl (C=O) groups is 2. The van der Waals surface area contributed by atoms with Crippen molar-refractivity contribution in [1.82, 2.24) is 0 Å². The standard InChI is InChI=1S/C28H27NO3S/c1-28(2,3)20-14-16-21(17-15-20)29-26(30)24(22-12-8-9-13-23(22)32-4)25(27(29)31)33-18-19-10-6-5-7-11-19/h5-17H,18H2,1-4H3. The van der Waals surface area contributed by atoms with Crippen molar-refractivity contribution >= 4 is 34.8 Å². The van der Waals surface area contributed by atoms with Gasteiger partial charge in [-0.2, -0.15) is 0 Å². The van der Waals surface area contributed by atoms with Crippen LogP contribution in [0.1, 0.15) is 37.5 Å². The first-order valence-corrected chi connectivity index (χ1v) is 11.8. The van der Waals surface area contributed by atoms with Crippen LogP contribution in [0.15, 0.2) is 83.8 Å². The van der Waals surface area contributed by atoms with Crippen molar-refractivity contribution in [2.45, 2.75) is 31.9 Å². The van der Waals surface area contributed by atoms with Crippen LogP contribution in [0.2, 0.25) is 0 Å². The summed E-state index contributed by atoms with van der Waals surface area (Å²) in [6.45, 7) is 6.40. The second-order valence-electron chi connectivity index (χ2n) is 8.92. The Labute approximate surface area is 199 Å². The van der Waals surface area contributed by atoms with Crippen LogP contribution in [0.4, 0.5) is 5.69 Å². The number of benzene rings is 3. The van der Waals surface area contributed by atoms with E-state index in [1.165, 1.54) is 16.7 Å². The monoisotopic (exact) mass is 457 g/mol. The highest BCUT2D eigenvalue weighted by Crippen LogP contribution is 2.42. The van der Waals surface area contributed by atoms with Crippen molar-refractivity contribution in [2.24, 2.45) is 0 Å². The highest BCUT2D eigenvalue weighted by molar-refractivity contribution is 8.03. The zero-order chi connectivity index (χ0) is 23.6. The number of methoxy groups -OCH3 is 1. The third-order valence-electron chi connectivity index (χ3n) is 5.64. The molecule has 1 aliphatic rings. The minimum atomic E-state index is -0.330. The van der Waals surface area contributed by atoms with Gasteiger partial charge in [0.1, 0.15) is 5.75 Å². The number of rotatable bonds is 6. The molecule has 33 heavy (non-hydrogen) atoms. The van der Waals surface area contributed by atoms with Crippen LogP contribution in [0.25, 0.3) is 5.57 Å². The largest absolute Gasteiger partial charge is 0.496 e. The third-order valence-corrected chi connectivity index (χ3v) is 6.78. The minimum Gasteiger partial charge on any atom is -0.496 e. The Hall–Kier alpha value is -3.31. The third kappa shape index (κ3) is 4.60. The molecule has 0 bridgehead atoms. The summed E-state index contributed by atoms with van der Waals surface area (Å²) in [6, 6.07) is 24.9. The van der Waals surface area contributed by atoms with Gasteiger partial charge in [0.2, 0.25) is 0 Å². The van der Waals surface area contributed by atoms with E-state index in [0.29, 0.717) is 33.2 Å². The maximum absolute atomic E-state index is 13.7. The molecule has 0 atom stereocenters. The van der Waals surface area contributed by atoms with E-state index < -0.39 is 0 Å². The Bertz CT molecular complexity index is 1210. The van der Waals surface area contributed by atoms with Crippen LogP contribution >= 0.6 is 11.8 Å². The van der Waals surface area contributed by atoms with E-state index in [0.717, 1.165) is 11.1 Å². The Morgan fingerprint density at radius 2 is 1.45 bits per heavy atom. The molecule has 3 aromatic rings. The van der Waals surface area contributed by atoms with Crippen molar-refractivity contribution < 1.29 is 14.3 Å². The molecule has 0 aliphatic carbocycles. The normalized spacial score (nSPS) is 14.2. The van der Waals surface area contributed by atoms with Crippen molar-refractivity contribution in [3.63, 3.8) is 0 Å². The molecule has 3 aromatic carbocycles. The topological polar surface area (TPSA) is 46.6 Å². The van der Waals surface area contributed by atoms with E-state index in [9.17, 15) is 9.59 Å². The van der Waals surface area contributed by atoms with E-state index in [1.54, 1.807) is 13.2 Å². The number of thioether (sulfide) groups is 1. The molecule has 0 saturated carbocycles. The first kappa shape index (κ1) is 22.9. The summed E-state index contributed by atoms with van der Waals surface area (Å²) in [5.74, 6) is 0.523. The van der Waals surface area contributed by atoms with E-state index in [-0.39, 0.29) is 17.2 Å². The van der Waals surface area contributed by atoms with E-state index >= 15 is 0 Å². The highest BCUT2D eigenvalue weighted by atomic mass is 32.2. The van der Waals surface area contributed by atoms with E-state index in [2.05, 4.69) is 20.8 Å². The SMILES string of the molecule is COc1ccccc1C1=C(SCc2ccccc2)C(=O)N(c2ccc(C(C)(C)C)cc2)C1=O. The molecule has 4 nitrogen and oxygen atoms in total. The molecule has 0 spiro atoms. The number of hydrogen-bond donors (Lipinski definition) is 0. The number of anilines is 1. The number of imide groups is 1. The van der Waals surface area contributed by atoms with Crippen molar-refractivity contribution in [3.8, 4) is 5.75 Å². The van der Waals surface area contributed by atoms with E-state index in [4.69, 9.17) is 4.74 Å². The smallest absolute Gasteiger partial charge is 0.272 e. The molecule has 0 radical (unpaired) electrons. The lowest BCUT2D eigenvalue weighted by atomic mass is 9.87. The molecule has 0 fully saturated rings. The maximum Gasteiger partial charge on any atom is 0.272 e. The average molecular weight is 458 g/mol. The molecule has 0 N–H and O–H groups in total. The van der Waals surface area contributed by atoms with Gasteiger partial charge in [-0.3, -0.25) is 9.59 Å². The number of carbonyl (C=O) groups excluding carboxylic acids is 2. The number of nitrogens with zero attached hydrogens (tertiary/aromatic N) is 1. The quantitative estimate of drug-likeness (QED) is 0.413. The first-order chi connectivity index (χ1) is 15.8. The Morgan fingerprint density at radius 3 is 2.09 bits per heavy atom. The Kier molecular flexibility index (Phi) is 6.43. The molecule has 0 saturated heterocycles. The lowest BCUT2D eigenvalue weighted by Gasteiger charge is -2.21. The molecular formula is C28H27NO3S. The summed E-state index contributed by atoms with van der Waals surface area (Å²) in [5.41, 5.74) is 3.79. The van der Waals surface area contributed by atoms with Gasteiger partial charge in [0.25, 0.3) is 11.8 Å². The highest BCUT2D eigenvalue weighted by Gasteiger charge is 2.41. The summed E-state index contributed by atoms with van der Waals surface area (Å²) in [5, 5.41) is 0. The summed E-state index contributed by atoms with van der Waals surface area (Å²) < 4.78 is 5.52. The van der Waals surface area contributed by atoms with Gasteiger partial charge in [-0.25, -0.2) is 4.90 Å². The van der Waals surface area contributed by atoms with Crippen LogP contribution in [0.3, 0.4) is 0 Å². The fourth-order valence-electron chi connectivity index (χ4n) is 3.81. The fourth-order valence-corrected chi connectivity index (χ4v) is 4.87. The average Bonchev–Trinajstić information content (AvgIpc) is 3.06. The van der Waals surface area contributed by atoms with Gasteiger partial charge >= 0.3 is 0 Å². The molecule has 0 aromatic heterocycles. The van der Waals surface area contributed by atoms with Crippen LogP contribution < -0.4 is 9.64 Å². The second kappa shape index (κ2) is 9.28. The molecule has 5 heteroatoms. The van der Waals surface area contributed by atoms with Crippen molar-refractivity contribution in [2.75, 3.05) is 12.0 Å². The lowest BCUT2D eigenvalue weighted by Crippen LogP contribution is -2.31. The van der Waals surface area contributed by atoms with Crippen LogP contribution in [0.5, 0.6) is 5.75 Å². The van der Waals surface area contributed by atoms with Crippen LogP contribution in [-0.2, 0) is 20.8 Å². The molecular weight excluding hydrogens is 430 g/mol. The Morgan fingerprint density at radius 1 is 0.818 bits per heavy atom. The predicted octanol–water partition coefficient (Wildman–Crippen LogP) is 6.21. The van der Waals surface area contributed by atoms with Gasteiger partial charge in [-0.15, -0.1) is 11.8 Å². The molecule has 0 unspecified atom stereocenters. The number of hydrogen-bond acceptors (Lipinski definition) is 4. The van der Waals surface area contributed by atoms with Gasteiger partial charge < -0.3 is 4.74 Å². The molecule has 168 valence electrons. The van der Waals surface area contributed by atoms with Crippen LogP contribution in [-0.4, -0.2) is 18.9 Å². The number of para-hydroxylation sites is 1. The maximum atomic E-state index is 13.7. The minimum absolute atomic E-state index is 0.0188. The van der Waals surface area contributed by atoms with Gasteiger partial charge in [0.05, 0.1) is 23.3 Å². The van der Waals surface area contributed by atoms with Gasteiger partial charge in [0.15, 0.2) is 0 Å². The number of amides is 2. The molecule has 2 amide bonds. The summed E-state index contributed by atoms with van der Waals surface area (Å²) in [6.07, 6.45) is 0.